The minimum Gasteiger partial charge on any atom is -0.353 e. The number of likely N-dealkylation sites (tertiary alicyclic amines) is 1. The van der Waals surface area contributed by atoms with Gasteiger partial charge in [-0.05, 0) is 50.1 Å². The number of nitrogens with zero attached hydrogens (tertiary/aromatic N) is 6. The van der Waals surface area contributed by atoms with Crippen LogP contribution in [0.5, 0.6) is 0 Å². The van der Waals surface area contributed by atoms with Crippen LogP contribution in [0, 0.1) is 5.92 Å². The number of piperidine rings is 1. The van der Waals surface area contributed by atoms with E-state index in [0.29, 0.717) is 18.2 Å². The highest BCUT2D eigenvalue weighted by atomic mass is 32.2. The third-order valence-electron chi connectivity index (χ3n) is 6.25. The second kappa shape index (κ2) is 10.9. The number of thioether (sulfide) groups is 1. The summed E-state index contributed by atoms with van der Waals surface area (Å²) in [6, 6.07) is 5.99. The first-order valence-electron chi connectivity index (χ1n) is 11.2. The first kappa shape index (κ1) is 22.0. The monoisotopic (exact) mass is 440 g/mol. The number of aromatic nitrogens is 3. The molecule has 2 saturated heterocycles. The molecule has 0 bridgehead atoms. The molecule has 31 heavy (non-hydrogen) atoms. The first-order valence-corrected chi connectivity index (χ1v) is 12.4. The third kappa shape index (κ3) is 6.17. The average molecular weight is 441 g/mol. The normalized spacial score (nSPS) is 20.1. The molecule has 2 aliphatic rings. The number of carbonyl (C=O) groups excluding carboxylic acids is 1. The average Bonchev–Trinajstić information content (AvgIpc) is 2.84. The van der Waals surface area contributed by atoms with Gasteiger partial charge in [-0.3, -0.25) is 9.69 Å². The predicted molar refractivity (Wildman–Crippen MR) is 124 cm³/mol. The summed E-state index contributed by atoms with van der Waals surface area (Å²) in [7, 11) is 0. The second-order valence-corrected chi connectivity index (χ2v) is 9.19. The summed E-state index contributed by atoms with van der Waals surface area (Å²) in [5.74, 6) is 1.91. The lowest BCUT2D eigenvalue weighted by molar-refractivity contribution is -0.131. The number of rotatable bonds is 7. The van der Waals surface area contributed by atoms with Crippen molar-refractivity contribution in [2.45, 2.75) is 37.4 Å². The Bertz CT molecular complexity index is 826. The van der Waals surface area contributed by atoms with Gasteiger partial charge in [0.25, 0.3) is 0 Å². The minimum absolute atomic E-state index is 0.304. The van der Waals surface area contributed by atoms with Crippen LogP contribution in [0.4, 0.5) is 5.82 Å². The van der Waals surface area contributed by atoms with E-state index in [-0.39, 0.29) is 0 Å². The highest BCUT2D eigenvalue weighted by molar-refractivity contribution is 7.98. The zero-order valence-electron chi connectivity index (χ0n) is 18.3. The van der Waals surface area contributed by atoms with Crippen LogP contribution in [0.25, 0.3) is 0 Å². The number of pyridine rings is 1. The Balaban J connectivity index is 1.19. The molecule has 2 aromatic heterocycles. The molecule has 0 N–H and O–H groups in total. The van der Waals surface area contributed by atoms with Crippen molar-refractivity contribution in [1.82, 2.24) is 24.8 Å². The molecule has 2 fully saturated rings. The van der Waals surface area contributed by atoms with Crippen LogP contribution in [0.15, 0.2) is 41.9 Å². The maximum absolute atomic E-state index is 12.8. The van der Waals surface area contributed by atoms with Crippen molar-refractivity contribution < 1.29 is 4.79 Å². The molecule has 0 aliphatic carbocycles. The van der Waals surface area contributed by atoms with Crippen LogP contribution in [-0.4, -0.2) is 76.2 Å². The van der Waals surface area contributed by atoms with E-state index < -0.39 is 0 Å². The van der Waals surface area contributed by atoms with E-state index in [9.17, 15) is 4.79 Å². The van der Waals surface area contributed by atoms with Gasteiger partial charge in [0, 0.05) is 69.8 Å². The number of piperazine rings is 1. The van der Waals surface area contributed by atoms with Crippen molar-refractivity contribution in [3.05, 3.63) is 42.4 Å². The molecule has 1 unspecified atom stereocenters. The van der Waals surface area contributed by atoms with Crippen molar-refractivity contribution in [3.8, 4) is 0 Å². The number of hydrogen-bond donors (Lipinski definition) is 0. The highest BCUT2D eigenvalue weighted by Gasteiger charge is 2.24. The van der Waals surface area contributed by atoms with Crippen LogP contribution in [0.1, 0.15) is 31.2 Å². The predicted octanol–water partition coefficient (Wildman–Crippen LogP) is 2.93. The smallest absolute Gasteiger partial charge is 0.222 e. The maximum atomic E-state index is 12.8. The van der Waals surface area contributed by atoms with Crippen LogP contribution < -0.4 is 4.90 Å². The van der Waals surface area contributed by atoms with Gasteiger partial charge in [-0.1, -0.05) is 17.8 Å². The van der Waals surface area contributed by atoms with Crippen LogP contribution in [0.2, 0.25) is 0 Å². The summed E-state index contributed by atoms with van der Waals surface area (Å²) < 4.78 is 0. The lowest BCUT2D eigenvalue weighted by Gasteiger charge is -2.36. The summed E-state index contributed by atoms with van der Waals surface area (Å²) in [5, 5.41) is 0.819. The fourth-order valence-corrected chi connectivity index (χ4v) is 4.85. The van der Waals surface area contributed by atoms with Crippen molar-refractivity contribution in [2.24, 2.45) is 5.92 Å². The van der Waals surface area contributed by atoms with E-state index in [1.807, 2.05) is 47.9 Å². The Hall–Kier alpha value is -2.19. The van der Waals surface area contributed by atoms with Crippen LogP contribution in [0.3, 0.4) is 0 Å². The SMILES string of the molecule is CSc1ncc(CN2CCCC(CCC(=O)N3CCN(c4ccccn4)CC3)C2)cn1. The van der Waals surface area contributed by atoms with Crippen molar-refractivity contribution in [2.75, 3.05) is 50.4 Å². The molecule has 0 radical (unpaired) electrons. The summed E-state index contributed by atoms with van der Waals surface area (Å²) >= 11 is 1.57. The van der Waals surface area contributed by atoms with E-state index >= 15 is 0 Å². The molecule has 8 heteroatoms. The molecule has 7 nitrogen and oxygen atoms in total. The zero-order chi connectivity index (χ0) is 21.5. The summed E-state index contributed by atoms with van der Waals surface area (Å²) in [5.41, 5.74) is 1.17. The number of amides is 1. The summed E-state index contributed by atoms with van der Waals surface area (Å²) in [4.78, 5) is 32.8. The molecular formula is C23H32N6OS. The van der Waals surface area contributed by atoms with E-state index in [2.05, 4.69) is 24.8 Å². The lowest BCUT2D eigenvalue weighted by Crippen LogP contribution is -2.49. The number of carbonyl (C=O) groups is 1. The molecule has 0 saturated carbocycles. The Kier molecular flexibility index (Phi) is 7.75. The third-order valence-corrected chi connectivity index (χ3v) is 6.82. The molecule has 1 atom stereocenters. The molecule has 1 amide bonds. The molecule has 4 heterocycles. The van der Waals surface area contributed by atoms with Crippen LogP contribution in [-0.2, 0) is 11.3 Å². The maximum Gasteiger partial charge on any atom is 0.222 e. The quantitative estimate of drug-likeness (QED) is 0.484. The molecule has 4 rings (SSSR count). The summed E-state index contributed by atoms with van der Waals surface area (Å²) in [6.07, 6.45) is 11.8. The Morgan fingerprint density at radius 3 is 2.61 bits per heavy atom. The van der Waals surface area contributed by atoms with E-state index in [0.717, 1.165) is 63.2 Å². The van der Waals surface area contributed by atoms with Gasteiger partial charge < -0.3 is 9.80 Å². The van der Waals surface area contributed by atoms with E-state index in [4.69, 9.17) is 0 Å². The van der Waals surface area contributed by atoms with Gasteiger partial charge in [-0.25, -0.2) is 15.0 Å². The van der Waals surface area contributed by atoms with Crippen LogP contribution >= 0.6 is 11.8 Å². The number of hydrogen-bond acceptors (Lipinski definition) is 7. The van der Waals surface area contributed by atoms with Crippen molar-refractivity contribution in [1.29, 1.82) is 0 Å². The van der Waals surface area contributed by atoms with Gasteiger partial charge in [-0.2, -0.15) is 0 Å². The van der Waals surface area contributed by atoms with Crippen molar-refractivity contribution >= 4 is 23.5 Å². The molecule has 2 aliphatic heterocycles. The Morgan fingerprint density at radius 1 is 1.10 bits per heavy atom. The fourth-order valence-electron chi connectivity index (χ4n) is 4.53. The van der Waals surface area contributed by atoms with Crippen molar-refractivity contribution in [3.63, 3.8) is 0 Å². The second-order valence-electron chi connectivity index (χ2n) is 8.42. The van der Waals surface area contributed by atoms with Gasteiger partial charge in [-0.15, -0.1) is 0 Å². The lowest BCUT2D eigenvalue weighted by atomic mass is 9.93. The van der Waals surface area contributed by atoms with Gasteiger partial charge >= 0.3 is 0 Å². The molecule has 166 valence electrons. The van der Waals surface area contributed by atoms with Gasteiger partial charge in [0.15, 0.2) is 5.16 Å². The zero-order valence-corrected chi connectivity index (χ0v) is 19.1. The minimum atomic E-state index is 0.304. The van der Waals surface area contributed by atoms with E-state index in [1.54, 1.807) is 11.8 Å². The van der Waals surface area contributed by atoms with E-state index in [1.165, 1.54) is 18.4 Å². The largest absolute Gasteiger partial charge is 0.353 e. The molecule has 2 aromatic rings. The molecule has 0 aromatic carbocycles. The fraction of sp³-hybridized carbons (Fsp3) is 0.565. The van der Waals surface area contributed by atoms with Gasteiger partial charge in [0.1, 0.15) is 5.82 Å². The summed E-state index contributed by atoms with van der Waals surface area (Å²) in [6.45, 7) is 6.37. The van der Waals surface area contributed by atoms with Gasteiger partial charge in [0.05, 0.1) is 0 Å². The Labute approximate surface area is 189 Å². The van der Waals surface area contributed by atoms with Gasteiger partial charge in [0.2, 0.25) is 5.91 Å². The standard InChI is InChI=1S/C23H32N6OS/c1-31-23-25-15-20(16-26-23)18-27-10-4-5-19(17-27)7-8-22(30)29-13-11-28(12-14-29)21-6-2-3-9-24-21/h2-3,6,9,15-16,19H,4-5,7-8,10-14,17-18H2,1H3. The molecular weight excluding hydrogens is 408 g/mol. The first-order chi connectivity index (χ1) is 15.2. The highest BCUT2D eigenvalue weighted by Crippen LogP contribution is 2.23. The molecule has 0 spiro atoms. The number of anilines is 1. The topological polar surface area (TPSA) is 65.5 Å². The Morgan fingerprint density at radius 2 is 1.90 bits per heavy atom.